The second-order valence-electron chi connectivity index (χ2n) is 6.75. The van der Waals surface area contributed by atoms with Gasteiger partial charge in [0.15, 0.2) is 0 Å². The second kappa shape index (κ2) is 7.62. The van der Waals surface area contributed by atoms with Gasteiger partial charge in [0.25, 0.3) is 5.91 Å². The SMILES string of the molecule is CC(C)n1cc(C(=O)Nc2ccccc2CN2CCCCC2)cn1. The summed E-state index contributed by atoms with van der Waals surface area (Å²) < 4.78 is 1.80. The zero-order valence-corrected chi connectivity index (χ0v) is 14.5. The normalized spacial score (nSPS) is 15.6. The van der Waals surface area contributed by atoms with Crippen LogP contribution in [0.15, 0.2) is 36.7 Å². The second-order valence-corrected chi connectivity index (χ2v) is 6.75. The maximum absolute atomic E-state index is 12.5. The highest BCUT2D eigenvalue weighted by molar-refractivity contribution is 6.04. The van der Waals surface area contributed by atoms with Crippen molar-refractivity contribution in [2.45, 2.75) is 45.7 Å². The van der Waals surface area contributed by atoms with Gasteiger partial charge in [-0.25, -0.2) is 0 Å². The van der Waals surface area contributed by atoms with Crippen molar-refractivity contribution in [2.75, 3.05) is 18.4 Å². The summed E-state index contributed by atoms with van der Waals surface area (Å²) in [5.41, 5.74) is 2.66. The van der Waals surface area contributed by atoms with Gasteiger partial charge in [-0.2, -0.15) is 5.10 Å². The van der Waals surface area contributed by atoms with Crippen LogP contribution in [0.25, 0.3) is 0 Å². The molecule has 1 aliphatic rings. The van der Waals surface area contributed by atoms with Crippen LogP contribution < -0.4 is 5.32 Å². The molecular weight excluding hydrogens is 300 g/mol. The van der Waals surface area contributed by atoms with E-state index in [0.29, 0.717) is 5.56 Å². The predicted octanol–water partition coefficient (Wildman–Crippen LogP) is 3.70. The molecule has 5 nitrogen and oxygen atoms in total. The fourth-order valence-corrected chi connectivity index (χ4v) is 3.07. The summed E-state index contributed by atoms with van der Waals surface area (Å²) in [7, 11) is 0. The highest BCUT2D eigenvalue weighted by atomic mass is 16.1. The molecule has 2 aromatic rings. The lowest BCUT2D eigenvalue weighted by atomic mass is 10.1. The zero-order valence-electron chi connectivity index (χ0n) is 14.5. The largest absolute Gasteiger partial charge is 0.322 e. The van der Waals surface area contributed by atoms with E-state index in [1.54, 1.807) is 17.1 Å². The van der Waals surface area contributed by atoms with Gasteiger partial charge in [-0.1, -0.05) is 24.6 Å². The Morgan fingerprint density at radius 1 is 1.21 bits per heavy atom. The molecule has 0 saturated carbocycles. The molecule has 128 valence electrons. The Kier molecular flexibility index (Phi) is 5.30. The highest BCUT2D eigenvalue weighted by Crippen LogP contribution is 2.20. The van der Waals surface area contributed by atoms with E-state index in [4.69, 9.17) is 0 Å². The number of carbonyl (C=O) groups is 1. The minimum absolute atomic E-state index is 0.104. The number of carbonyl (C=O) groups excluding carboxylic acids is 1. The molecule has 1 amide bonds. The van der Waals surface area contributed by atoms with Crippen molar-refractivity contribution in [3.8, 4) is 0 Å². The number of rotatable bonds is 5. The van der Waals surface area contributed by atoms with Gasteiger partial charge in [-0.05, 0) is 51.4 Å². The van der Waals surface area contributed by atoms with Crippen molar-refractivity contribution in [2.24, 2.45) is 0 Å². The molecule has 0 unspecified atom stereocenters. The molecule has 1 aromatic carbocycles. The molecule has 0 aliphatic carbocycles. The van der Waals surface area contributed by atoms with Crippen LogP contribution in [-0.4, -0.2) is 33.7 Å². The molecule has 0 atom stereocenters. The Balaban J connectivity index is 1.70. The Hall–Kier alpha value is -2.14. The van der Waals surface area contributed by atoms with Crippen molar-refractivity contribution < 1.29 is 4.79 Å². The first kappa shape index (κ1) is 16.7. The summed E-state index contributed by atoms with van der Waals surface area (Å²) in [6, 6.07) is 8.32. The van der Waals surface area contributed by atoms with Gasteiger partial charge in [0, 0.05) is 24.5 Å². The van der Waals surface area contributed by atoms with Gasteiger partial charge in [0.05, 0.1) is 11.8 Å². The van der Waals surface area contributed by atoms with E-state index < -0.39 is 0 Å². The quantitative estimate of drug-likeness (QED) is 0.911. The third-order valence-electron chi connectivity index (χ3n) is 4.50. The molecule has 1 aliphatic heterocycles. The maximum Gasteiger partial charge on any atom is 0.258 e. The van der Waals surface area contributed by atoms with Gasteiger partial charge < -0.3 is 5.32 Å². The summed E-state index contributed by atoms with van der Waals surface area (Å²) in [5.74, 6) is -0.104. The first-order chi connectivity index (χ1) is 11.6. The van der Waals surface area contributed by atoms with Crippen LogP contribution in [0.3, 0.4) is 0 Å². The molecule has 24 heavy (non-hydrogen) atoms. The number of anilines is 1. The Morgan fingerprint density at radius 3 is 2.67 bits per heavy atom. The molecule has 0 spiro atoms. The minimum Gasteiger partial charge on any atom is -0.322 e. The number of benzene rings is 1. The van der Waals surface area contributed by atoms with E-state index >= 15 is 0 Å². The molecule has 1 saturated heterocycles. The number of aromatic nitrogens is 2. The summed E-state index contributed by atoms with van der Waals surface area (Å²) in [4.78, 5) is 15.0. The number of nitrogens with zero attached hydrogens (tertiary/aromatic N) is 3. The minimum atomic E-state index is -0.104. The van der Waals surface area contributed by atoms with E-state index in [1.807, 2.05) is 32.0 Å². The van der Waals surface area contributed by atoms with Crippen LogP contribution in [0.1, 0.15) is 55.1 Å². The van der Waals surface area contributed by atoms with Gasteiger partial charge in [-0.15, -0.1) is 0 Å². The van der Waals surface area contributed by atoms with Crippen molar-refractivity contribution in [3.63, 3.8) is 0 Å². The molecule has 1 aromatic heterocycles. The summed E-state index contributed by atoms with van der Waals surface area (Å²) in [6.45, 7) is 7.26. The number of hydrogen-bond acceptors (Lipinski definition) is 3. The van der Waals surface area contributed by atoms with Crippen molar-refractivity contribution >= 4 is 11.6 Å². The third kappa shape index (κ3) is 4.03. The average Bonchev–Trinajstić information content (AvgIpc) is 3.08. The molecule has 1 N–H and O–H groups in total. The lowest BCUT2D eigenvalue weighted by Crippen LogP contribution is -2.29. The molecule has 0 bridgehead atoms. The fraction of sp³-hybridized carbons (Fsp3) is 0.474. The maximum atomic E-state index is 12.5. The summed E-state index contributed by atoms with van der Waals surface area (Å²) in [6.07, 6.45) is 7.29. The van der Waals surface area contributed by atoms with E-state index in [0.717, 1.165) is 25.3 Å². The Morgan fingerprint density at radius 2 is 1.96 bits per heavy atom. The number of likely N-dealkylation sites (tertiary alicyclic amines) is 1. The predicted molar refractivity (Wildman–Crippen MR) is 96.1 cm³/mol. The smallest absolute Gasteiger partial charge is 0.258 e. The number of piperidine rings is 1. The lowest BCUT2D eigenvalue weighted by Gasteiger charge is -2.27. The molecular formula is C19H26N4O. The zero-order chi connectivity index (χ0) is 16.9. The van der Waals surface area contributed by atoms with Crippen LogP contribution >= 0.6 is 0 Å². The molecule has 0 radical (unpaired) electrons. The van der Waals surface area contributed by atoms with Crippen LogP contribution in [0.5, 0.6) is 0 Å². The fourth-order valence-electron chi connectivity index (χ4n) is 3.07. The molecule has 5 heteroatoms. The van der Waals surface area contributed by atoms with Crippen LogP contribution in [0.4, 0.5) is 5.69 Å². The average molecular weight is 326 g/mol. The van der Waals surface area contributed by atoms with Crippen molar-refractivity contribution in [1.82, 2.24) is 14.7 Å². The van der Waals surface area contributed by atoms with Gasteiger partial charge in [0.1, 0.15) is 0 Å². The van der Waals surface area contributed by atoms with Crippen molar-refractivity contribution in [1.29, 1.82) is 0 Å². The van der Waals surface area contributed by atoms with Gasteiger partial charge >= 0.3 is 0 Å². The van der Waals surface area contributed by atoms with E-state index in [1.165, 1.54) is 24.8 Å². The molecule has 2 heterocycles. The Bertz CT molecular complexity index is 686. The van der Waals surface area contributed by atoms with Gasteiger partial charge in [-0.3, -0.25) is 14.4 Å². The number of hydrogen-bond donors (Lipinski definition) is 1. The first-order valence-electron chi connectivity index (χ1n) is 8.79. The van der Waals surface area contributed by atoms with E-state index in [9.17, 15) is 4.79 Å². The Labute approximate surface area is 143 Å². The standard InChI is InChI=1S/C19H26N4O/c1-15(2)23-14-17(12-20-23)19(24)21-18-9-5-4-8-16(18)13-22-10-6-3-7-11-22/h4-5,8-9,12,14-15H,3,6-7,10-11,13H2,1-2H3,(H,21,24). The van der Waals surface area contributed by atoms with E-state index in [2.05, 4.69) is 21.4 Å². The van der Waals surface area contributed by atoms with E-state index in [-0.39, 0.29) is 11.9 Å². The molecule has 1 fully saturated rings. The monoisotopic (exact) mass is 326 g/mol. The number of para-hydroxylation sites is 1. The van der Waals surface area contributed by atoms with Gasteiger partial charge in [0.2, 0.25) is 0 Å². The molecule has 3 rings (SSSR count). The first-order valence-corrected chi connectivity index (χ1v) is 8.79. The summed E-state index contributed by atoms with van der Waals surface area (Å²) >= 11 is 0. The van der Waals surface area contributed by atoms with Crippen LogP contribution in [0.2, 0.25) is 0 Å². The number of nitrogens with one attached hydrogen (secondary N) is 1. The van der Waals surface area contributed by atoms with Crippen LogP contribution in [0, 0.1) is 0 Å². The summed E-state index contributed by atoms with van der Waals surface area (Å²) in [5, 5.41) is 7.29. The highest BCUT2D eigenvalue weighted by Gasteiger charge is 2.15. The number of amides is 1. The van der Waals surface area contributed by atoms with Crippen molar-refractivity contribution in [3.05, 3.63) is 47.8 Å². The lowest BCUT2D eigenvalue weighted by molar-refractivity contribution is 0.102. The third-order valence-corrected chi connectivity index (χ3v) is 4.50. The topological polar surface area (TPSA) is 50.2 Å². The van der Waals surface area contributed by atoms with Crippen LogP contribution in [-0.2, 0) is 6.54 Å².